The largest absolute Gasteiger partial charge is 0.493 e. The molecule has 0 fully saturated rings. The van der Waals surface area contributed by atoms with Gasteiger partial charge in [0.1, 0.15) is 0 Å². The van der Waals surface area contributed by atoms with Crippen molar-refractivity contribution in [2.24, 2.45) is 0 Å². The Labute approximate surface area is 176 Å². The number of halogens is 2. The third-order valence-corrected chi connectivity index (χ3v) is 4.61. The van der Waals surface area contributed by atoms with E-state index in [1.807, 2.05) is 30.8 Å². The highest BCUT2D eigenvalue weighted by atomic mass is 19.3. The van der Waals surface area contributed by atoms with Gasteiger partial charge < -0.3 is 19.7 Å². The summed E-state index contributed by atoms with van der Waals surface area (Å²) in [6.07, 6.45) is 0. The van der Waals surface area contributed by atoms with Gasteiger partial charge in [-0.15, -0.1) is 0 Å². The van der Waals surface area contributed by atoms with Crippen molar-refractivity contribution in [3.05, 3.63) is 53.6 Å². The second kappa shape index (κ2) is 11.3. The molecule has 0 spiro atoms. The predicted molar refractivity (Wildman–Crippen MR) is 113 cm³/mol. The van der Waals surface area contributed by atoms with Crippen LogP contribution in [0.1, 0.15) is 18.1 Å². The van der Waals surface area contributed by atoms with Gasteiger partial charge >= 0.3 is 6.61 Å². The summed E-state index contributed by atoms with van der Waals surface area (Å²) >= 11 is 0. The molecule has 0 saturated heterocycles. The standard InChI is InChI=1S/C22H29F2N3O3/c1-5-27(14-16-6-9-18(10-7-16)26(2)3)15-21(28)25-13-17-8-11-19(30-22(23)24)20(12-17)29-4/h6-12,22H,5,13-15H2,1-4H3,(H,25,28). The number of hydrogen-bond donors (Lipinski definition) is 1. The van der Waals surface area contributed by atoms with E-state index in [9.17, 15) is 13.6 Å². The second-order valence-electron chi connectivity index (χ2n) is 7.00. The molecule has 0 aliphatic carbocycles. The Morgan fingerprint density at radius 3 is 2.30 bits per heavy atom. The second-order valence-corrected chi connectivity index (χ2v) is 7.00. The fourth-order valence-electron chi connectivity index (χ4n) is 2.91. The summed E-state index contributed by atoms with van der Waals surface area (Å²) in [5.74, 6) is 0.0343. The van der Waals surface area contributed by atoms with E-state index in [0.29, 0.717) is 6.54 Å². The van der Waals surface area contributed by atoms with Crippen molar-refractivity contribution in [3.63, 3.8) is 0 Å². The van der Waals surface area contributed by atoms with Gasteiger partial charge in [0, 0.05) is 32.9 Å². The molecule has 0 saturated carbocycles. The third-order valence-electron chi connectivity index (χ3n) is 4.61. The van der Waals surface area contributed by atoms with Gasteiger partial charge in [-0.25, -0.2) is 0 Å². The average molecular weight is 421 g/mol. The van der Waals surface area contributed by atoms with Gasteiger partial charge in [0.05, 0.1) is 13.7 Å². The van der Waals surface area contributed by atoms with E-state index in [0.717, 1.165) is 23.4 Å². The number of carbonyl (C=O) groups excluding carboxylic acids is 1. The fourth-order valence-corrected chi connectivity index (χ4v) is 2.91. The molecular formula is C22H29F2N3O3. The highest BCUT2D eigenvalue weighted by Gasteiger charge is 2.13. The van der Waals surface area contributed by atoms with Crippen LogP contribution >= 0.6 is 0 Å². The van der Waals surface area contributed by atoms with Crippen molar-refractivity contribution in [1.29, 1.82) is 0 Å². The highest BCUT2D eigenvalue weighted by Crippen LogP contribution is 2.29. The normalized spacial score (nSPS) is 10.9. The Morgan fingerprint density at radius 1 is 1.07 bits per heavy atom. The summed E-state index contributed by atoms with van der Waals surface area (Å²) in [4.78, 5) is 16.5. The third kappa shape index (κ3) is 7.18. The molecule has 8 heteroatoms. The van der Waals surface area contributed by atoms with Crippen molar-refractivity contribution in [3.8, 4) is 11.5 Å². The van der Waals surface area contributed by atoms with E-state index in [2.05, 4.69) is 34.3 Å². The van der Waals surface area contributed by atoms with E-state index in [-0.39, 0.29) is 30.5 Å². The molecule has 1 N–H and O–H groups in total. The van der Waals surface area contributed by atoms with E-state index in [4.69, 9.17) is 4.74 Å². The fraction of sp³-hybridized carbons (Fsp3) is 0.409. The van der Waals surface area contributed by atoms with Crippen LogP contribution in [-0.2, 0) is 17.9 Å². The van der Waals surface area contributed by atoms with Crippen LogP contribution in [0.3, 0.4) is 0 Å². The smallest absolute Gasteiger partial charge is 0.387 e. The number of benzene rings is 2. The van der Waals surface area contributed by atoms with Gasteiger partial charge in [-0.1, -0.05) is 25.1 Å². The molecule has 0 bridgehead atoms. The molecule has 6 nitrogen and oxygen atoms in total. The molecule has 0 radical (unpaired) electrons. The maximum absolute atomic E-state index is 12.4. The van der Waals surface area contributed by atoms with E-state index >= 15 is 0 Å². The first-order valence-corrected chi connectivity index (χ1v) is 9.69. The topological polar surface area (TPSA) is 54.0 Å². The Morgan fingerprint density at radius 2 is 1.73 bits per heavy atom. The number of nitrogens with zero attached hydrogens (tertiary/aromatic N) is 2. The van der Waals surface area contributed by atoms with Crippen LogP contribution in [0.2, 0.25) is 0 Å². The first kappa shape index (κ1) is 23.4. The van der Waals surface area contributed by atoms with Crippen LogP contribution in [0.25, 0.3) is 0 Å². The Balaban J connectivity index is 1.89. The summed E-state index contributed by atoms with van der Waals surface area (Å²) in [5, 5.41) is 2.85. The Bertz CT molecular complexity index is 814. The Kier molecular flexibility index (Phi) is 8.86. The maximum Gasteiger partial charge on any atom is 0.387 e. The number of alkyl halides is 2. The van der Waals surface area contributed by atoms with E-state index < -0.39 is 6.61 Å². The molecule has 0 unspecified atom stereocenters. The average Bonchev–Trinajstić information content (AvgIpc) is 2.72. The summed E-state index contributed by atoms with van der Waals surface area (Å²) < 4.78 is 34.3. The van der Waals surface area contributed by atoms with Crippen LogP contribution in [-0.4, -0.2) is 51.7 Å². The van der Waals surface area contributed by atoms with E-state index in [1.54, 1.807) is 12.1 Å². The quantitative estimate of drug-likeness (QED) is 0.602. The monoisotopic (exact) mass is 421 g/mol. The minimum absolute atomic E-state index is 0.0416. The number of methoxy groups -OCH3 is 1. The lowest BCUT2D eigenvalue weighted by atomic mass is 10.2. The number of nitrogens with one attached hydrogen (secondary N) is 1. The van der Waals surface area contributed by atoms with Gasteiger partial charge in [0.25, 0.3) is 0 Å². The first-order chi connectivity index (χ1) is 14.3. The van der Waals surface area contributed by atoms with Crippen LogP contribution in [0.4, 0.5) is 14.5 Å². The highest BCUT2D eigenvalue weighted by molar-refractivity contribution is 5.78. The number of carbonyl (C=O) groups is 1. The number of rotatable bonds is 11. The molecule has 0 aromatic heterocycles. The minimum Gasteiger partial charge on any atom is -0.493 e. The van der Waals surface area contributed by atoms with Crippen LogP contribution in [0.5, 0.6) is 11.5 Å². The summed E-state index contributed by atoms with van der Waals surface area (Å²) in [6.45, 7) is 1.01. The van der Waals surface area contributed by atoms with Gasteiger partial charge in [0.15, 0.2) is 11.5 Å². The van der Waals surface area contributed by atoms with Gasteiger partial charge in [-0.3, -0.25) is 9.69 Å². The van der Waals surface area contributed by atoms with Gasteiger partial charge in [0.2, 0.25) is 5.91 Å². The molecule has 2 rings (SSSR count). The van der Waals surface area contributed by atoms with Crippen molar-refractivity contribution in [1.82, 2.24) is 10.2 Å². The summed E-state index contributed by atoms with van der Waals surface area (Å²) in [7, 11) is 5.36. The molecule has 2 aromatic carbocycles. The van der Waals surface area contributed by atoms with Crippen LogP contribution in [0.15, 0.2) is 42.5 Å². The summed E-state index contributed by atoms with van der Waals surface area (Å²) in [5.41, 5.74) is 2.98. The number of likely N-dealkylation sites (N-methyl/N-ethyl adjacent to an activating group) is 1. The summed E-state index contributed by atoms with van der Waals surface area (Å²) in [6, 6.07) is 12.8. The molecular weight excluding hydrogens is 392 g/mol. The molecule has 1 amide bonds. The number of hydrogen-bond acceptors (Lipinski definition) is 5. The van der Waals surface area contributed by atoms with Crippen molar-refractivity contribution in [2.75, 3.05) is 39.2 Å². The molecule has 30 heavy (non-hydrogen) atoms. The number of anilines is 1. The lowest BCUT2D eigenvalue weighted by molar-refractivity contribution is -0.122. The molecule has 0 atom stereocenters. The van der Waals surface area contributed by atoms with Crippen molar-refractivity contribution >= 4 is 11.6 Å². The van der Waals surface area contributed by atoms with Gasteiger partial charge in [-0.2, -0.15) is 8.78 Å². The van der Waals surface area contributed by atoms with Crippen molar-refractivity contribution in [2.45, 2.75) is 26.6 Å². The zero-order valence-electron chi connectivity index (χ0n) is 17.8. The lowest BCUT2D eigenvalue weighted by Gasteiger charge is -2.21. The predicted octanol–water partition coefficient (Wildman–Crippen LogP) is 3.50. The Hall–Kier alpha value is -2.87. The molecule has 2 aromatic rings. The SMILES string of the molecule is CCN(CC(=O)NCc1ccc(OC(F)F)c(OC)c1)Cc1ccc(N(C)C)cc1. The maximum atomic E-state index is 12.4. The van der Waals surface area contributed by atoms with E-state index in [1.165, 1.54) is 13.2 Å². The first-order valence-electron chi connectivity index (χ1n) is 9.69. The zero-order valence-corrected chi connectivity index (χ0v) is 17.8. The molecule has 164 valence electrons. The minimum atomic E-state index is -2.93. The van der Waals surface area contributed by atoms with Crippen LogP contribution < -0.4 is 19.7 Å². The lowest BCUT2D eigenvalue weighted by Crippen LogP contribution is -2.36. The van der Waals surface area contributed by atoms with Crippen molar-refractivity contribution < 1.29 is 23.0 Å². The number of ether oxygens (including phenoxy) is 2. The number of amides is 1. The molecule has 0 heterocycles. The van der Waals surface area contributed by atoms with Gasteiger partial charge in [-0.05, 0) is 41.9 Å². The zero-order chi connectivity index (χ0) is 22.1. The molecule has 0 aliphatic heterocycles. The van der Waals surface area contributed by atoms with Crippen LogP contribution in [0, 0.1) is 0 Å². The molecule has 0 aliphatic rings.